The molecule has 1 aliphatic heterocycles. The average molecular weight is 382 g/mol. The first-order valence-corrected chi connectivity index (χ1v) is 9.98. The Morgan fingerprint density at radius 1 is 1.11 bits per heavy atom. The Labute approximate surface area is 168 Å². The predicted molar refractivity (Wildman–Crippen MR) is 112 cm³/mol. The van der Waals surface area contributed by atoms with Gasteiger partial charge in [-0.05, 0) is 25.5 Å². The number of amides is 1. The number of benzene rings is 2. The number of rotatable bonds is 7. The van der Waals surface area contributed by atoms with Gasteiger partial charge in [0.1, 0.15) is 5.75 Å². The Morgan fingerprint density at radius 3 is 2.50 bits per heavy atom. The van der Waals surface area contributed by atoms with Crippen molar-refractivity contribution in [1.82, 2.24) is 15.1 Å². The second-order valence-corrected chi connectivity index (χ2v) is 7.51. The summed E-state index contributed by atoms with van der Waals surface area (Å²) in [5.74, 6) is 1.04. The molecule has 1 aliphatic rings. The standard InChI is InChI=1S/C23H31N3O2/c1-18-9-10-22(28-3)21(15-18)17-25-11-13-26(14-12-25)19(2)23(27)24-16-20-7-5-4-6-8-20/h4-10,15,19H,11-14,16-17H2,1-3H3,(H,24,27)/t19-/m1/s1. The van der Waals surface area contributed by atoms with Gasteiger partial charge in [0.25, 0.3) is 0 Å². The van der Waals surface area contributed by atoms with E-state index in [0.29, 0.717) is 6.54 Å². The van der Waals surface area contributed by atoms with Crippen molar-refractivity contribution in [1.29, 1.82) is 0 Å². The zero-order valence-corrected chi connectivity index (χ0v) is 17.1. The maximum absolute atomic E-state index is 12.5. The number of ether oxygens (including phenoxy) is 1. The van der Waals surface area contributed by atoms with Crippen molar-refractivity contribution >= 4 is 5.91 Å². The monoisotopic (exact) mass is 381 g/mol. The van der Waals surface area contributed by atoms with Gasteiger partial charge in [-0.1, -0.05) is 48.0 Å². The summed E-state index contributed by atoms with van der Waals surface area (Å²) in [7, 11) is 1.72. The Morgan fingerprint density at radius 2 is 1.82 bits per heavy atom. The van der Waals surface area contributed by atoms with Crippen molar-refractivity contribution in [2.75, 3.05) is 33.3 Å². The number of methoxy groups -OCH3 is 1. The van der Waals surface area contributed by atoms with E-state index in [-0.39, 0.29) is 11.9 Å². The Balaban J connectivity index is 1.48. The van der Waals surface area contributed by atoms with Gasteiger partial charge in [0.05, 0.1) is 13.2 Å². The lowest BCUT2D eigenvalue weighted by Crippen LogP contribution is -2.53. The van der Waals surface area contributed by atoms with Crippen LogP contribution in [0.15, 0.2) is 48.5 Å². The van der Waals surface area contributed by atoms with Crippen molar-refractivity contribution in [3.05, 3.63) is 65.2 Å². The number of hydrogen-bond acceptors (Lipinski definition) is 4. The van der Waals surface area contributed by atoms with Crippen molar-refractivity contribution in [2.24, 2.45) is 0 Å². The lowest BCUT2D eigenvalue weighted by molar-refractivity contribution is -0.126. The number of aryl methyl sites for hydroxylation is 1. The van der Waals surface area contributed by atoms with E-state index in [1.165, 1.54) is 11.1 Å². The topological polar surface area (TPSA) is 44.8 Å². The number of nitrogens with zero attached hydrogens (tertiary/aromatic N) is 2. The molecular weight excluding hydrogens is 350 g/mol. The smallest absolute Gasteiger partial charge is 0.237 e. The second kappa shape index (κ2) is 9.71. The molecule has 5 nitrogen and oxygen atoms in total. The molecule has 1 amide bonds. The van der Waals surface area contributed by atoms with Crippen molar-refractivity contribution in [2.45, 2.75) is 33.0 Å². The molecule has 28 heavy (non-hydrogen) atoms. The van der Waals surface area contributed by atoms with Crippen LogP contribution >= 0.6 is 0 Å². The van der Waals surface area contributed by atoms with E-state index >= 15 is 0 Å². The number of piperazine rings is 1. The third-order valence-corrected chi connectivity index (χ3v) is 5.47. The molecular formula is C23H31N3O2. The molecule has 1 fully saturated rings. The van der Waals surface area contributed by atoms with Crippen LogP contribution in [0.3, 0.4) is 0 Å². The zero-order chi connectivity index (χ0) is 19.9. The lowest BCUT2D eigenvalue weighted by atomic mass is 10.1. The van der Waals surface area contributed by atoms with E-state index in [1.54, 1.807) is 7.11 Å². The SMILES string of the molecule is COc1ccc(C)cc1CN1CCN([C@H](C)C(=O)NCc2ccccc2)CC1. The van der Waals surface area contributed by atoms with Crippen LogP contribution < -0.4 is 10.1 Å². The molecule has 3 rings (SSSR count). The van der Waals surface area contributed by atoms with Crippen LogP contribution in [0.1, 0.15) is 23.6 Å². The van der Waals surface area contributed by atoms with Crippen LogP contribution in [-0.2, 0) is 17.9 Å². The maximum Gasteiger partial charge on any atom is 0.237 e. The Kier molecular flexibility index (Phi) is 7.06. The highest BCUT2D eigenvalue weighted by molar-refractivity contribution is 5.81. The van der Waals surface area contributed by atoms with E-state index in [1.807, 2.05) is 43.3 Å². The minimum atomic E-state index is -0.112. The minimum absolute atomic E-state index is 0.0951. The van der Waals surface area contributed by atoms with Gasteiger partial charge in [-0.2, -0.15) is 0 Å². The van der Waals surface area contributed by atoms with Gasteiger partial charge < -0.3 is 10.1 Å². The summed E-state index contributed by atoms with van der Waals surface area (Å²) in [4.78, 5) is 17.2. The molecule has 0 radical (unpaired) electrons. The van der Waals surface area contributed by atoms with E-state index < -0.39 is 0 Å². The fraction of sp³-hybridized carbons (Fsp3) is 0.435. The first-order valence-electron chi connectivity index (χ1n) is 9.98. The molecule has 2 aromatic carbocycles. The normalized spacial score (nSPS) is 16.5. The second-order valence-electron chi connectivity index (χ2n) is 7.51. The summed E-state index contributed by atoms with van der Waals surface area (Å²) < 4.78 is 5.51. The van der Waals surface area contributed by atoms with Crippen LogP contribution in [-0.4, -0.2) is 55.0 Å². The highest BCUT2D eigenvalue weighted by atomic mass is 16.5. The third-order valence-electron chi connectivity index (χ3n) is 5.47. The van der Waals surface area contributed by atoms with Gasteiger partial charge >= 0.3 is 0 Å². The van der Waals surface area contributed by atoms with Gasteiger partial charge in [0.15, 0.2) is 0 Å². The van der Waals surface area contributed by atoms with E-state index in [9.17, 15) is 4.79 Å². The van der Waals surface area contributed by atoms with Crippen molar-refractivity contribution < 1.29 is 9.53 Å². The summed E-state index contributed by atoms with van der Waals surface area (Å²) >= 11 is 0. The van der Waals surface area contributed by atoms with Crippen LogP contribution in [0.5, 0.6) is 5.75 Å². The quantitative estimate of drug-likeness (QED) is 0.801. The van der Waals surface area contributed by atoms with Crippen molar-refractivity contribution in [3.8, 4) is 5.75 Å². The third kappa shape index (κ3) is 5.33. The molecule has 0 aliphatic carbocycles. The Bertz CT molecular complexity index is 771. The maximum atomic E-state index is 12.5. The Hall–Kier alpha value is -2.37. The van der Waals surface area contributed by atoms with Gasteiger partial charge in [0, 0.05) is 44.8 Å². The van der Waals surface area contributed by atoms with E-state index in [4.69, 9.17) is 4.74 Å². The van der Waals surface area contributed by atoms with Crippen LogP contribution in [0.2, 0.25) is 0 Å². The molecule has 1 saturated heterocycles. The number of carbonyl (C=O) groups is 1. The molecule has 150 valence electrons. The highest BCUT2D eigenvalue weighted by Crippen LogP contribution is 2.22. The highest BCUT2D eigenvalue weighted by Gasteiger charge is 2.25. The molecule has 5 heteroatoms. The van der Waals surface area contributed by atoms with Gasteiger partial charge in [-0.15, -0.1) is 0 Å². The molecule has 0 saturated carbocycles. The van der Waals surface area contributed by atoms with Crippen LogP contribution in [0.4, 0.5) is 0 Å². The molecule has 2 aromatic rings. The fourth-order valence-corrected chi connectivity index (χ4v) is 3.68. The van der Waals surface area contributed by atoms with Gasteiger partial charge in [-0.25, -0.2) is 0 Å². The molecule has 0 bridgehead atoms. The summed E-state index contributed by atoms with van der Waals surface area (Å²) in [5.41, 5.74) is 3.60. The van der Waals surface area contributed by atoms with Crippen molar-refractivity contribution in [3.63, 3.8) is 0 Å². The van der Waals surface area contributed by atoms with Crippen LogP contribution in [0.25, 0.3) is 0 Å². The lowest BCUT2D eigenvalue weighted by Gasteiger charge is -2.37. The summed E-state index contributed by atoms with van der Waals surface area (Å²) in [5, 5.41) is 3.06. The molecule has 1 heterocycles. The first-order chi connectivity index (χ1) is 13.6. The molecule has 0 spiro atoms. The predicted octanol–water partition coefficient (Wildman–Crippen LogP) is 2.83. The fourth-order valence-electron chi connectivity index (χ4n) is 3.68. The van der Waals surface area contributed by atoms with Crippen LogP contribution in [0, 0.1) is 6.92 Å². The summed E-state index contributed by atoms with van der Waals surface area (Å²) in [6, 6.07) is 16.2. The average Bonchev–Trinajstić information content (AvgIpc) is 2.73. The van der Waals surface area contributed by atoms with E-state index in [0.717, 1.165) is 44.0 Å². The largest absolute Gasteiger partial charge is 0.496 e. The van der Waals surface area contributed by atoms with E-state index in [2.05, 4.69) is 34.2 Å². The minimum Gasteiger partial charge on any atom is -0.496 e. The van der Waals surface area contributed by atoms with Gasteiger partial charge in [-0.3, -0.25) is 14.6 Å². The molecule has 0 aromatic heterocycles. The first kappa shape index (κ1) is 20.4. The molecule has 1 N–H and O–H groups in total. The molecule has 0 unspecified atom stereocenters. The zero-order valence-electron chi connectivity index (χ0n) is 17.1. The number of carbonyl (C=O) groups excluding carboxylic acids is 1. The number of nitrogens with one attached hydrogen (secondary N) is 1. The molecule has 1 atom stereocenters. The summed E-state index contributed by atoms with van der Waals surface area (Å²) in [6.07, 6.45) is 0. The van der Waals surface area contributed by atoms with Gasteiger partial charge in [0.2, 0.25) is 5.91 Å². The number of hydrogen-bond donors (Lipinski definition) is 1. The summed E-state index contributed by atoms with van der Waals surface area (Å²) in [6.45, 7) is 9.27.